The minimum absolute atomic E-state index is 0. The first-order chi connectivity index (χ1) is 11.0. The van der Waals surface area contributed by atoms with Gasteiger partial charge in [-0.05, 0) is 0 Å². The summed E-state index contributed by atoms with van der Waals surface area (Å²) in [6.45, 7) is 5.21. The summed E-state index contributed by atoms with van der Waals surface area (Å²) in [7, 11) is 0. The molecule has 2 saturated carbocycles. The molecule has 0 aromatic heterocycles. The molecule has 0 aromatic carbocycles. The van der Waals surface area contributed by atoms with Gasteiger partial charge in [-0.25, -0.2) is 0 Å². The van der Waals surface area contributed by atoms with Gasteiger partial charge in [0.05, 0.1) is 0 Å². The maximum atomic E-state index is 2.63. The van der Waals surface area contributed by atoms with Gasteiger partial charge in [0, 0.05) is 0 Å². The predicted molar refractivity (Wildman–Crippen MR) is 95.1 cm³/mol. The van der Waals surface area contributed by atoms with E-state index in [9.17, 15) is 0 Å². The SMILES string of the molecule is CC1([C]2([Zr+2][C]3(C4(C)CCCC4)C=CC=C3)C=CC=C2)CCCC1.[Cl-].[Cl-]. The predicted octanol–water partition coefficient (Wildman–Crippen LogP) is 0.807. The largest absolute Gasteiger partial charge is 1.00 e. The minimum atomic E-state index is -0.736. The summed E-state index contributed by atoms with van der Waals surface area (Å²) in [6.07, 6.45) is 31.4. The molecule has 0 aliphatic heterocycles. The Hall–Kier alpha value is 0.423. The van der Waals surface area contributed by atoms with Crippen molar-refractivity contribution in [3.63, 3.8) is 0 Å². The van der Waals surface area contributed by atoms with Crippen molar-refractivity contribution in [1.82, 2.24) is 0 Å². The van der Waals surface area contributed by atoms with Crippen molar-refractivity contribution < 1.29 is 48.0 Å². The van der Waals surface area contributed by atoms with Gasteiger partial charge in [0.15, 0.2) is 0 Å². The molecule has 0 bridgehead atoms. The average Bonchev–Trinajstić information content (AvgIpc) is 3.27. The Morgan fingerprint density at radius 2 is 0.840 bits per heavy atom. The smallest absolute Gasteiger partial charge is 1.00 e. The molecule has 0 amide bonds. The second-order valence-corrected chi connectivity index (χ2v) is 13.5. The van der Waals surface area contributed by atoms with Gasteiger partial charge in [-0.3, -0.25) is 0 Å². The van der Waals surface area contributed by atoms with Gasteiger partial charge in [-0.1, -0.05) is 0 Å². The van der Waals surface area contributed by atoms with Crippen LogP contribution in [0.4, 0.5) is 0 Å². The third-order valence-corrected chi connectivity index (χ3v) is 14.1. The monoisotopic (exact) mass is 454 g/mol. The van der Waals surface area contributed by atoms with Crippen LogP contribution in [0, 0.1) is 10.8 Å². The normalized spacial score (nSPS) is 28.6. The second kappa shape index (κ2) is 7.81. The Labute approximate surface area is 178 Å². The molecule has 4 rings (SSSR count). The molecule has 3 heteroatoms. The third kappa shape index (κ3) is 3.36. The van der Waals surface area contributed by atoms with E-state index in [1.165, 1.54) is 51.4 Å². The maximum Gasteiger partial charge on any atom is -1.00 e. The first kappa shape index (κ1) is 21.7. The number of hydrogen-bond acceptors (Lipinski definition) is 0. The van der Waals surface area contributed by atoms with Crippen LogP contribution in [0.25, 0.3) is 0 Å². The Morgan fingerprint density at radius 3 is 1.12 bits per heavy atom. The van der Waals surface area contributed by atoms with Crippen LogP contribution in [0.15, 0.2) is 48.6 Å². The van der Waals surface area contributed by atoms with Crippen molar-refractivity contribution in [2.24, 2.45) is 10.8 Å². The summed E-state index contributed by atoms with van der Waals surface area (Å²) in [5, 5.41) is 0. The van der Waals surface area contributed by atoms with E-state index >= 15 is 0 Å². The molecule has 0 N–H and O–H groups in total. The van der Waals surface area contributed by atoms with Crippen LogP contribution in [-0.2, 0) is 23.2 Å². The Bertz CT molecular complexity index is 511. The van der Waals surface area contributed by atoms with Crippen molar-refractivity contribution in [1.29, 1.82) is 0 Å². The van der Waals surface area contributed by atoms with Crippen molar-refractivity contribution in [3.8, 4) is 0 Å². The molecular formula is C22H30Cl2Zr. The van der Waals surface area contributed by atoms with E-state index in [-0.39, 0.29) is 24.8 Å². The molecule has 4 aliphatic rings. The summed E-state index contributed by atoms with van der Waals surface area (Å²) in [6, 6.07) is 0. The number of rotatable bonds is 4. The van der Waals surface area contributed by atoms with E-state index in [0.29, 0.717) is 17.1 Å². The van der Waals surface area contributed by atoms with E-state index in [2.05, 4.69) is 62.5 Å². The van der Waals surface area contributed by atoms with Gasteiger partial charge in [0.1, 0.15) is 0 Å². The van der Waals surface area contributed by atoms with Crippen LogP contribution in [0.2, 0.25) is 6.25 Å². The quantitative estimate of drug-likeness (QED) is 0.588. The van der Waals surface area contributed by atoms with Crippen LogP contribution < -0.4 is 24.8 Å². The zero-order valence-corrected chi connectivity index (χ0v) is 19.5. The Balaban J connectivity index is 0.00000113. The van der Waals surface area contributed by atoms with E-state index in [1.54, 1.807) is 0 Å². The molecule has 2 fully saturated rings. The fraction of sp³-hybridized carbons (Fsp3) is 0.636. The number of allylic oxidation sites excluding steroid dienone is 8. The zero-order chi connectivity index (χ0) is 16.0. The van der Waals surface area contributed by atoms with E-state index < -0.39 is 23.2 Å². The Morgan fingerprint density at radius 1 is 0.560 bits per heavy atom. The van der Waals surface area contributed by atoms with Crippen LogP contribution in [0.5, 0.6) is 0 Å². The zero-order valence-electron chi connectivity index (χ0n) is 15.5. The van der Waals surface area contributed by atoms with E-state index in [4.69, 9.17) is 0 Å². The Kier molecular flexibility index (Phi) is 6.78. The van der Waals surface area contributed by atoms with E-state index in [1.807, 2.05) is 0 Å². The number of hydrogen-bond donors (Lipinski definition) is 0. The number of halogens is 2. The minimum Gasteiger partial charge on any atom is -1.00 e. The fourth-order valence-electron chi connectivity index (χ4n) is 5.69. The second-order valence-electron chi connectivity index (χ2n) is 8.84. The van der Waals surface area contributed by atoms with Gasteiger partial charge in [-0.2, -0.15) is 0 Å². The molecule has 0 unspecified atom stereocenters. The molecular weight excluding hydrogens is 426 g/mol. The molecule has 0 atom stereocenters. The van der Waals surface area contributed by atoms with E-state index in [0.717, 1.165) is 0 Å². The maximum absolute atomic E-state index is 2.63. The molecule has 0 spiro atoms. The summed E-state index contributed by atoms with van der Waals surface area (Å²) < 4.78 is 0.856. The molecule has 0 radical (unpaired) electrons. The van der Waals surface area contributed by atoms with Gasteiger partial charge in [0.25, 0.3) is 0 Å². The average molecular weight is 457 g/mol. The van der Waals surface area contributed by atoms with Gasteiger partial charge in [-0.15, -0.1) is 0 Å². The van der Waals surface area contributed by atoms with Crippen LogP contribution in [-0.4, -0.2) is 0 Å². The topological polar surface area (TPSA) is 0 Å². The standard InChI is InChI=1S/2C11H15.2ClH.Zr/c2*1-11(8-4-5-9-11)10-6-2-3-7-10;;;/h2*2-3,6-7H,4-5,8-9H2,1H3;2*1H;/q;;;;+2/p-2. The summed E-state index contributed by atoms with van der Waals surface area (Å²) >= 11 is -0.736. The summed E-state index contributed by atoms with van der Waals surface area (Å²) in [5.74, 6) is 0. The molecule has 25 heavy (non-hydrogen) atoms. The van der Waals surface area contributed by atoms with Crippen LogP contribution >= 0.6 is 0 Å². The van der Waals surface area contributed by atoms with Crippen molar-refractivity contribution in [2.75, 3.05) is 0 Å². The van der Waals surface area contributed by atoms with Gasteiger partial charge >= 0.3 is 154 Å². The molecule has 0 aromatic rings. The van der Waals surface area contributed by atoms with Crippen molar-refractivity contribution >= 4 is 0 Å². The van der Waals surface area contributed by atoms with Crippen molar-refractivity contribution in [3.05, 3.63) is 48.6 Å². The van der Waals surface area contributed by atoms with Gasteiger partial charge in [0.2, 0.25) is 0 Å². The molecule has 4 aliphatic carbocycles. The third-order valence-electron chi connectivity index (χ3n) is 7.48. The molecule has 0 heterocycles. The molecule has 0 saturated heterocycles. The summed E-state index contributed by atoms with van der Waals surface area (Å²) in [5.41, 5.74) is 1.05. The first-order valence-electron chi connectivity index (χ1n) is 9.57. The fourth-order valence-corrected chi connectivity index (χ4v) is 11.9. The first-order valence-corrected chi connectivity index (χ1v) is 12.0. The van der Waals surface area contributed by atoms with Crippen molar-refractivity contribution in [2.45, 2.75) is 71.5 Å². The summed E-state index contributed by atoms with van der Waals surface area (Å²) in [4.78, 5) is 0. The van der Waals surface area contributed by atoms with Crippen LogP contribution in [0.1, 0.15) is 65.2 Å². The van der Waals surface area contributed by atoms with Gasteiger partial charge < -0.3 is 24.8 Å². The van der Waals surface area contributed by atoms with Crippen LogP contribution in [0.3, 0.4) is 0 Å². The molecule has 136 valence electrons. The molecule has 0 nitrogen and oxygen atoms in total.